The fourth-order valence-electron chi connectivity index (χ4n) is 1.35. The molecule has 1 aliphatic heterocycles. The predicted molar refractivity (Wildman–Crippen MR) is 57.9 cm³/mol. The van der Waals surface area contributed by atoms with E-state index in [0.29, 0.717) is 0 Å². The van der Waals surface area contributed by atoms with Crippen molar-refractivity contribution < 1.29 is 4.74 Å². The highest BCUT2D eigenvalue weighted by molar-refractivity contribution is 14.1. The lowest BCUT2D eigenvalue weighted by molar-refractivity contribution is 0.143. The molecule has 0 bridgehead atoms. The van der Waals surface area contributed by atoms with Gasteiger partial charge >= 0.3 is 0 Å². The molecule has 12 heavy (non-hydrogen) atoms. The van der Waals surface area contributed by atoms with E-state index in [1.807, 2.05) is 18.2 Å². The van der Waals surface area contributed by atoms with E-state index >= 15 is 0 Å². The lowest BCUT2D eigenvalue weighted by atomic mass is 10.0. The summed E-state index contributed by atoms with van der Waals surface area (Å²) in [5, 5.41) is 0. The minimum absolute atomic E-state index is 0.205. The largest absolute Gasteiger partial charge is 0.480 e. The van der Waals surface area contributed by atoms with Crippen molar-refractivity contribution in [2.75, 3.05) is 0 Å². The van der Waals surface area contributed by atoms with Crippen LogP contribution in [0.25, 0.3) is 6.08 Å². The number of halogens is 1. The molecule has 0 fully saturated rings. The number of benzene rings is 1. The third-order valence-electron chi connectivity index (χ3n) is 1.98. The zero-order valence-corrected chi connectivity index (χ0v) is 8.91. The molecule has 2 heteroatoms. The average molecular weight is 272 g/mol. The van der Waals surface area contributed by atoms with Crippen LogP contribution in [0.3, 0.4) is 0 Å². The van der Waals surface area contributed by atoms with Gasteiger partial charge in [-0.25, -0.2) is 0 Å². The maximum absolute atomic E-state index is 5.50. The molecule has 1 aliphatic rings. The first-order chi connectivity index (χ1) is 5.70. The number of hydrogen-bond donors (Lipinski definition) is 0. The van der Waals surface area contributed by atoms with Gasteiger partial charge in [0.15, 0.2) is 3.61 Å². The van der Waals surface area contributed by atoms with Crippen molar-refractivity contribution in [2.45, 2.75) is 10.5 Å². The fraction of sp³-hybridized carbons (Fsp3) is 0.200. The molecule has 1 unspecified atom stereocenters. The molecule has 0 spiro atoms. The third kappa shape index (κ3) is 1.24. The van der Waals surface area contributed by atoms with Gasteiger partial charge < -0.3 is 4.74 Å². The van der Waals surface area contributed by atoms with Crippen LogP contribution < -0.4 is 0 Å². The molecular weight excluding hydrogens is 263 g/mol. The predicted octanol–water partition coefficient (Wildman–Crippen LogP) is 3.30. The van der Waals surface area contributed by atoms with Gasteiger partial charge in [-0.05, 0) is 41.2 Å². The number of alkyl halides is 1. The Bertz CT molecular complexity index is 328. The van der Waals surface area contributed by atoms with Gasteiger partial charge in [-0.15, -0.1) is 0 Å². The molecule has 1 atom stereocenters. The molecule has 1 heterocycles. The zero-order chi connectivity index (χ0) is 8.60. The van der Waals surface area contributed by atoms with E-state index < -0.39 is 0 Å². The van der Waals surface area contributed by atoms with Gasteiger partial charge in [0.1, 0.15) is 0 Å². The second-order valence-electron chi connectivity index (χ2n) is 2.92. The Morgan fingerprint density at radius 3 is 2.83 bits per heavy atom. The summed E-state index contributed by atoms with van der Waals surface area (Å²) in [4.78, 5) is 0. The standard InChI is InChI=1S/C10H9IO/c1-10(11)9-5-3-2-4-8(9)6-7-12-10/h2-7H,1H3. The minimum Gasteiger partial charge on any atom is -0.480 e. The third-order valence-corrected chi connectivity index (χ3v) is 2.81. The van der Waals surface area contributed by atoms with Gasteiger partial charge in [-0.3, -0.25) is 0 Å². The number of fused-ring (bicyclic) bond motifs is 1. The van der Waals surface area contributed by atoms with Crippen LogP contribution in [0.1, 0.15) is 18.1 Å². The van der Waals surface area contributed by atoms with Crippen LogP contribution in [0.4, 0.5) is 0 Å². The first kappa shape index (κ1) is 8.10. The molecule has 0 N–H and O–H groups in total. The average Bonchev–Trinajstić information content (AvgIpc) is 2.04. The van der Waals surface area contributed by atoms with Crippen molar-refractivity contribution in [1.82, 2.24) is 0 Å². The highest BCUT2D eigenvalue weighted by Crippen LogP contribution is 2.38. The highest BCUT2D eigenvalue weighted by Gasteiger charge is 2.27. The van der Waals surface area contributed by atoms with E-state index in [-0.39, 0.29) is 3.61 Å². The summed E-state index contributed by atoms with van der Waals surface area (Å²) in [5.74, 6) is 0. The summed E-state index contributed by atoms with van der Waals surface area (Å²) < 4.78 is 5.29. The monoisotopic (exact) mass is 272 g/mol. The van der Waals surface area contributed by atoms with Crippen molar-refractivity contribution in [3.05, 3.63) is 41.7 Å². The van der Waals surface area contributed by atoms with Crippen molar-refractivity contribution in [3.8, 4) is 0 Å². The van der Waals surface area contributed by atoms with E-state index in [4.69, 9.17) is 4.74 Å². The molecule has 0 saturated heterocycles. The Morgan fingerprint density at radius 2 is 2.08 bits per heavy atom. The topological polar surface area (TPSA) is 9.23 Å². The maximum atomic E-state index is 5.50. The van der Waals surface area contributed by atoms with E-state index in [0.717, 1.165) is 0 Å². The van der Waals surface area contributed by atoms with Gasteiger partial charge in [0.25, 0.3) is 0 Å². The van der Waals surface area contributed by atoms with Gasteiger partial charge in [0, 0.05) is 5.56 Å². The summed E-state index contributed by atoms with van der Waals surface area (Å²) >= 11 is 2.31. The number of rotatable bonds is 0. The molecule has 1 aromatic carbocycles. The first-order valence-electron chi connectivity index (χ1n) is 3.83. The molecular formula is C10H9IO. The summed E-state index contributed by atoms with van der Waals surface area (Å²) in [7, 11) is 0. The van der Waals surface area contributed by atoms with Gasteiger partial charge in [-0.1, -0.05) is 24.3 Å². The second kappa shape index (κ2) is 2.76. The Labute approximate surface area is 85.6 Å². The lowest BCUT2D eigenvalue weighted by Gasteiger charge is -2.27. The quantitative estimate of drug-likeness (QED) is 0.520. The summed E-state index contributed by atoms with van der Waals surface area (Å²) in [5.41, 5.74) is 2.49. The number of ether oxygens (including phenoxy) is 1. The van der Waals surface area contributed by atoms with Gasteiger partial charge in [0.05, 0.1) is 6.26 Å². The first-order valence-corrected chi connectivity index (χ1v) is 4.91. The normalized spacial score (nSPS) is 26.2. The second-order valence-corrected chi connectivity index (χ2v) is 4.98. The smallest absolute Gasteiger partial charge is 0.181 e. The van der Waals surface area contributed by atoms with E-state index in [9.17, 15) is 0 Å². The number of hydrogen-bond acceptors (Lipinski definition) is 1. The molecule has 62 valence electrons. The maximum Gasteiger partial charge on any atom is 0.181 e. The Morgan fingerprint density at radius 1 is 1.33 bits per heavy atom. The molecule has 0 aromatic heterocycles. The van der Waals surface area contributed by atoms with Crippen LogP contribution in [0.2, 0.25) is 0 Å². The Hall–Kier alpha value is -0.510. The van der Waals surface area contributed by atoms with Crippen LogP contribution in [0.5, 0.6) is 0 Å². The molecule has 1 aromatic rings. The van der Waals surface area contributed by atoms with Gasteiger partial charge in [0.2, 0.25) is 0 Å². The van der Waals surface area contributed by atoms with Crippen molar-refractivity contribution in [3.63, 3.8) is 0 Å². The molecule has 1 nitrogen and oxygen atoms in total. The van der Waals surface area contributed by atoms with Crippen LogP contribution in [-0.4, -0.2) is 0 Å². The van der Waals surface area contributed by atoms with E-state index in [1.165, 1.54) is 11.1 Å². The van der Waals surface area contributed by atoms with Crippen LogP contribution in [-0.2, 0) is 8.34 Å². The Balaban J connectivity index is 2.60. The molecule has 2 rings (SSSR count). The van der Waals surface area contributed by atoms with Gasteiger partial charge in [-0.2, -0.15) is 0 Å². The molecule has 0 saturated carbocycles. The van der Waals surface area contributed by atoms with Crippen LogP contribution >= 0.6 is 22.6 Å². The summed E-state index contributed by atoms with van der Waals surface area (Å²) in [6.07, 6.45) is 3.75. The summed E-state index contributed by atoms with van der Waals surface area (Å²) in [6, 6.07) is 8.29. The molecule has 0 radical (unpaired) electrons. The SMILES string of the molecule is CC1(I)OC=Cc2ccccc21. The zero-order valence-electron chi connectivity index (χ0n) is 6.75. The van der Waals surface area contributed by atoms with Crippen LogP contribution in [0.15, 0.2) is 30.5 Å². The summed E-state index contributed by atoms with van der Waals surface area (Å²) in [6.45, 7) is 2.07. The minimum atomic E-state index is -0.205. The van der Waals surface area contributed by atoms with Crippen LogP contribution in [0, 0.1) is 0 Å². The van der Waals surface area contributed by atoms with Crippen molar-refractivity contribution in [2.24, 2.45) is 0 Å². The van der Waals surface area contributed by atoms with E-state index in [1.54, 1.807) is 6.26 Å². The highest BCUT2D eigenvalue weighted by atomic mass is 127. The van der Waals surface area contributed by atoms with Crippen molar-refractivity contribution >= 4 is 28.7 Å². The molecule has 0 aliphatic carbocycles. The van der Waals surface area contributed by atoms with Crippen molar-refractivity contribution in [1.29, 1.82) is 0 Å². The fourth-order valence-corrected chi connectivity index (χ4v) is 1.99. The Kier molecular flexibility index (Phi) is 1.87. The lowest BCUT2D eigenvalue weighted by Crippen LogP contribution is -2.18. The van der Waals surface area contributed by atoms with E-state index in [2.05, 4.69) is 41.6 Å². The molecule has 0 amide bonds.